The van der Waals surface area contributed by atoms with Crippen LogP contribution in [0.1, 0.15) is 251 Å². The highest BCUT2D eigenvalue weighted by Crippen LogP contribution is 2.38. The summed E-state index contributed by atoms with van der Waals surface area (Å²) < 4.78 is 23.2. The highest BCUT2D eigenvalue weighted by atomic mass is 31.2. The van der Waals surface area contributed by atoms with E-state index in [1.54, 1.807) is 6.08 Å². The lowest BCUT2D eigenvalue weighted by molar-refractivity contribution is -0.870. The summed E-state index contributed by atoms with van der Waals surface area (Å²) in [6.07, 6.45) is 58.2. The summed E-state index contributed by atoms with van der Waals surface area (Å²) >= 11 is 0. The van der Waals surface area contributed by atoms with Gasteiger partial charge in [0, 0.05) is 6.42 Å². The van der Waals surface area contributed by atoms with Gasteiger partial charge in [-0.05, 0) is 57.8 Å². The second kappa shape index (κ2) is 45.9. The van der Waals surface area contributed by atoms with Gasteiger partial charge < -0.3 is 28.8 Å². The number of aliphatic hydroxyl groups is 1. The molecule has 2 N–H and O–H groups in total. The molecule has 1 amide bonds. The minimum absolute atomic E-state index is 0.00581. The Balaban J connectivity index is 3.99. The fraction of sp³-hybridized carbons (Fsp3) is 0.870. The molecule has 0 bridgehead atoms. The zero-order chi connectivity index (χ0) is 46.4. The molecule has 0 rings (SSSR count). The Labute approximate surface area is 391 Å². The quantitative estimate of drug-likeness (QED) is 0.0272. The average Bonchev–Trinajstić information content (AvgIpc) is 3.24. The van der Waals surface area contributed by atoms with Gasteiger partial charge in [-0.2, -0.15) is 0 Å². The first-order valence-electron chi connectivity index (χ1n) is 26.9. The van der Waals surface area contributed by atoms with Crippen molar-refractivity contribution in [1.82, 2.24) is 5.32 Å². The molecular formula is C54H105N2O6P. The van der Waals surface area contributed by atoms with E-state index in [0.29, 0.717) is 17.4 Å². The number of nitrogens with zero attached hydrogens (tertiary/aromatic N) is 1. The van der Waals surface area contributed by atoms with E-state index in [-0.39, 0.29) is 12.5 Å². The van der Waals surface area contributed by atoms with Crippen molar-refractivity contribution in [2.24, 2.45) is 0 Å². The van der Waals surface area contributed by atoms with Gasteiger partial charge in [0.1, 0.15) is 13.2 Å². The number of unbranched alkanes of at least 4 members (excludes halogenated alkanes) is 32. The van der Waals surface area contributed by atoms with E-state index in [2.05, 4.69) is 43.5 Å². The minimum atomic E-state index is -4.59. The molecule has 0 heterocycles. The molecule has 3 atom stereocenters. The van der Waals surface area contributed by atoms with E-state index in [0.717, 1.165) is 38.5 Å². The zero-order valence-electron chi connectivity index (χ0n) is 42.3. The van der Waals surface area contributed by atoms with Crippen LogP contribution in [0.25, 0.3) is 0 Å². The summed E-state index contributed by atoms with van der Waals surface area (Å²) in [6, 6.07) is -0.900. The first-order valence-corrected chi connectivity index (χ1v) is 28.3. The number of phosphoric ester groups is 1. The maximum absolute atomic E-state index is 12.9. The van der Waals surface area contributed by atoms with Gasteiger partial charge in [0.05, 0.1) is 39.9 Å². The maximum Gasteiger partial charge on any atom is 0.268 e. The van der Waals surface area contributed by atoms with Crippen LogP contribution in [0.3, 0.4) is 0 Å². The van der Waals surface area contributed by atoms with Gasteiger partial charge in [0.15, 0.2) is 0 Å². The molecule has 0 radical (unpaired) electrons. The zero-order valence-corrected chi connectivity index (χ0v) is 43.2. The fourth-order valence-electron chi connectivity index (χ4n) is 7.81. The molecule has 0 fully saturated rings. The molecule has 8 nitrogen and oxygen atoms in total. The summed E-state index contributed by atoms with van der Waals surface area (Å²) in [4.78, 5) is 25.3. The molecule has 0 aliphatic heterocycles. The van der Waals surface area contributed by atoms with E-state index >= 15 is 0 Å². The summed E-state index contributed by atoms with van der Waals surface area (Å²) in [5, 5.41) is 13.7. The van der Waals surface area contributed by atoms with Crippen molar-refractivity contribution < 1.29 is 32.9 Å². The van der Waals surface area contributed by atoms with Crippen molar-refractivity contribution in [3.63, 3.8) is 0 Å². The Morgan fingerprint density at radius 3 is 1.30 bits per heavy atom. The lowest BCUT2D eigenvalue weighted by Crippen LogP contribution is -2.45. The van der Waals surface area contributed by atoms with Gasteiger partial charge in [-0.25, -0.2) is 0 Å². The molecule has 0 saturated heterocycles. The van der Waals surface area contributed by atoms with Crippen LogP contribution in [0, 0.1) is 0 Å². The highest BCUT2D eigenvalue weighted by molar-refractivity contribution is 7.45. The predicted octanol–water partition coefficient (Wildman–Crippen LogP) is 15.2. The standard InChI is InChI=1S/C54H105N2O6P/c1-6-8-10-12-14-16-18-19-20-21-22-23-24-25-26-27-28-29-30-31-32-33-34-35-36-37-38-40-42-44-46-48-54(58)55-52(51-62-63(59,60)61-50-49-56(3,4)5)53(57)47-45-43-41-39-17-15-13-11-9-7-2/h17,25-26,39,45,47,52-53,57H,6-16,18-24,27-38,40-44,46,48-51H2,1-5H3,(H-,55,58,59,60)/b26-25-,39-17+,47-45+. The Kier molecular flexibility index (Phi) is 44.9. The van der Waals surface area contributed by atoms with E-state index in [9.17, 15) is 19.4 Å². The SMILES string of the molecule is CCCCCC/C=C/CC/C=C/C(O)C(COP(=O)([O-])OCC[N+](C)(C)C)NC(=O)CCCCCCCCCCCCCCCCC/C=C\CCCCCCCCCCCCCC. The van der Waals surface area contributed by atoms with Crippen LogP contribution in [-0.2, 0) is 18.4 Å². The van der Waals surface area contributed by atoms with Crippen LogP contribution in [0.15, 0.2) is 36.5 Å². The van der Waals surface area contributed by atoms with E-state index in [1.165, 1.54) is 193 Å². The first-order chi connectivity index (χ1) is 30.5. The van der Waals surface area contributed by atoms with Crippen molar-refractivity contribution in [1.29, 1.82) is 0 Å². The number of amides is 1. The van der Waals surface area contributed by atoms with Crippen molar-refractivity contribution >= 4 is 13.7 Å². The number of allylic oxidation sites excluding steroid dienone is 5. The number of phosphoric acid groups is 1. The van der Waals surface area contributed by atoms with Crippen molar-refractivity contribution in [3.05, 3.63) is 36.5 Å². The van der Waals surface area contributed by atoms with Gasteiger partial charge in [0.2, 0.25) is 5.91 Å². The Morgan fingerprint density at radius 1 is 0.540 bits per heavy atom. The van der Waals surface area contributed by atoms with Gasteiger partial charge in [0.25, 0.3) is 7.82 Å². The number of hydrogen-bond acceptors (Lipinski definition) is 6. The summed E-state index contributed by atoms with van der Waals surface area (Å²) in [6.45, 7) is 4.60. The summed E-state index contributed by atoms with van der Waals surface area (Å²) in [5.74, 6) is -0.207. The van der Waals surface area contributed by atoms with Crippen LogP contribution in [0.4, 0.5) is 0 Å². The number of quaternary nitrogens is 1. The van der Waals surface area contributed by atoms with Crippen LogP contribution < -0.4 is 10.2 Å². The summed E-state index contributed by atoms with van der Waals surface area (Å²) in [7, 11) is 1.25. The molecule has 372 valence electrons. The predicted molar refractivity (Wildman–Crippen MR) is 270 cm³/mol. The van der Waals surface area contributed by atoms with Crippen LogP contribution >= 0.6 is 7.82 Å². The van der Waals surface area contributed by atoms with Gasteiger partial charge in [-0.1, -0.05) is 224 Å². The Bertz CT molecular complexity index is 1120. The lowest BCUT2D eigenvalue weighted by atomic mass is 10.0. The number of likely N-dealkylation sites (N-methyl/N-ethyl adjacent to an activating group) is 1. The summed E-state index contributed by atoms with van der Waals surface area (Å²) in [5.41, 5.74) is 0. The molecule has 0 aromatic heterocycles. The maximum atomic E-state index is 12.9. The second-order valence-corrected chi connectivity index (χ2v) is 21.0. The fourth-order valence-corrected chi connectivity index (χ4v) is 8.53. The lowest BCUT2D eigenvalue weighted by Gasteiger charge is -2.29. The Morgan fingerprint density at radius 2 is 0.889 bits per heavy atom. The largest absolute Gasteiger partial charge is 0.756 e. The second-order valence-electron chi connectivity index (χ2n) is 19.6. The van der Waals surface area contributed by atoms with Crippen molar-refractivity contribution in [2.45, 2.75) is 264 Å². The van der Waals surface area contributed by atoms with Gasteiger partial charge in [-0.15, -0.1) is 0 Å². The third-order valence-electron chi connectivity index (χ3n) is 12.1. The number of carbonyl (C=O) groups excluding carboxylic acids is 1. The third-order valence-corrected chi connectivity index (χ3v) is 13.0. The molecule has 0 saturated carbocycles. The number of rotatable bonds is 49. The van der Waals surface area contributed by atoms with Gasteiger partial charge >= 0.3 is 0 Å². The van der Waals surface area contributed by atoms with E-state index in [1.807, 2.05) is 27.2 Å². The third kappa shape index (κ3) is 48.5. The monoisotopic (exact) mass is 909 g/mol. The number of hydrogen-bond donors (Lipinski definition) is 2. The molecular weight excluding hydrogens is 804 g/mol. The van der Waals surface area contributed by atoms with E-state index in [4.69, 9.17) is 9.05 Å². The molecule has 0 aliphatic rings. The van der Waals surface area contributed by atoms with E-state index < -0.39 is 26.6 Å². The highest BCUT2D eigenvalue weighted by Gasteiger charge is 2.23. The normalized spacial score (nSPS) is 14.3. The van der Waals surface area contributed by atoms with Crippen LogP contribution in [-0.4, -0.2) is 68.5 Å². The molecule has 3 unspecified atom stereocenters. The molecule has 9 heteroatoms. The molecule has 0 aliphatic carbocycles. The minimum Gasteiger partial charge on any atom is -0.756 e. The van der Waals surface area contributed by atoms with Crippen LogP contribution in [0.2, 0.25) is 0 Å². The topological polar surface area (TPSA) is 108 Å². The average molecular weight is 909 g/mol. The van der Waals surface area contributed by atoms with Gasteiger partial charge in [-0.3, -0.25) is 9.36 Å². The molecule has 0 spiro atoms. The molecule has 63 heavy (non-hydrogen) atoms. The van der Waals surface area contributed by atoms with Crippen molar-refractivity contribution in [2.75, 3.05) is 40.9 Å². The number of carbonyl (C=O) groups is 1. The molecule has 0 aromatic carbocycles. The first kappa shape index (κ1) is 61.7. The number of aliphatic hydroxyl groups excluding tert-OH is 1. The molecule has 0 aromatic rings. The number of nitrogens with one attached hydrogen (secondary N) is 1. The van der Waals surface area contributed by atoms with Crippen molar-refractivity contribution in [3.8, 4) is 0 Å². The Hall–Kier alpha value is -1.28. The smallest absolute Gasteiger partial charge is 0.268 e. The van der Waals surface area contributed by atoms with Crippen LogP contribution in [0.5, 0.6) is 0 Å².